The standard InChI is InChI=1S/C15H29N3O2/c1-4-19-10-8-18(9-11-20-5-2)14-6-7-15(12-14,13-16)17-3/h14,17H,4-12H2,1-3H3. The second-order valence-electron chi connectivity index (χ2n) is 5.27. The van der Waals surface area contributed by atoms with Crippen molar-refractivity contribution in [3.63, 3.8) is 0 Å². The summed E-state index contributed by atoms with van der Waals surface area (Å²) in [5, 5.41) is 12.6. The molecule has 0 spiro atoms. The van der Waals surface area contributed by atoms with E-state index in [0.717, 1.165) is 58.8 Å². The van der Waals surface area contributed by atoms with Gasteiger partial charge in [-0.3, -0.25) is 4.90 Å². The molecule has 1 rings (SSSR count). The van der Waals surface area contributed by atoms with Crippen molar-refractivity contribution in [2.75, 3.05) is 46.6 Å². The lowest BCUT2D eigenvalue weighted by molar-refractivity contribution is 0.0627. The van der Waals surface area contributed by atoms with E-state index in [-0.39, 0.29) is 5.54 Å². The molecule has 0 saturated heterocycles. The Morgan fingerprint density at radius 3 is 2.25 bits per heavy atom. The highest BCUT2D eigenvalue weighted by molar-refractivity contribution is 5.12. The molecule has 1 aliphatic carbocycles. The number of ether oxygens (including phenoxy) is 2. The molecule has 2 unspecified atom stereocenters. The molecular weight excluding hydrogens is 254 g/mol. The van der Waals surface area contributed by atoms with E-state index in [4.69, 9.17) is 9.47 Å². The van der Waals surface area contributed by atoms with Crippen molar-refractivity contribution in [2.45, 2.75) is 44.7 Å². The number of nitrogens with zero attached hydrogens (tertiary/aromatic N) is 2. The molecule has 0 heterocycles. The van der Waals surface area contributed by atoms with Crippen molar-refractivity contribution in [2.24, 2.45) is 0 Å². The van der Waals surface area contributed by atoms with Gasteiger partial charge in [0.1, 0.15) is 5.54 Å². The van der Waals surface area contributed by atoms with Gasteiger partial charge >= 0.3 is 0 Å². The number of rotatable bonds is 10. The molecule has 5 nitrogen and oxygen atoms in total. The predicted octanol–water partition coefficient (Wildman–Crippen LogP) is 1.40. The van der Waals surface area contributed by atoms with Crippen LogP contribution in [0.3, 0.4) is 0 Å². The normalized spacial score (nSPS) is 26.1. The van der Waals surface area contributed by atoms with Crippen LogP contribution in [0, 0.1) is 11.3 Å². The molecule has 0 radical (unpaired) electrons. The second-order valence-corrected chi connectivity index (χ2v) is 5.27. The van der Waals surface area contributed by atoms with E-state index in [1.807, 2.05) is 20.9 Å². The van der Waals surface area contributed by atoms with Gasteiger partial charge in [0.05, 0.1) is 19.3 Å². The van der Waals surface area contributed by atoms with Crippen molar-refractivity contribution < 1.29 is 9.47 Å². The summed E-state index contributed by atoms with van der Waals surface area (Å²) in [5.41, 5.74) is -0.347. The summed E-state index contributed by atoms with van der Waals surface area (Å²) in [7, 11) is 1.89. The fourth-order valence-electron chi connectivity index (χ4n) is 2.84. The van der Waals surface area contributed by atoms with Gasteiger partial charge in [0.2, 0.25) is 0 Å². The average Bonchev–Trinajstić information content (AvgIpc) is 2.91. The molecule has 20 heavy (non-hydrogen) atoms. The van der Waals surface area contributed by atoms with Crippen molar-refractivity contribution >= 4 is 0 Å². The molecule has 2 atom stereocenters. The average molecular weight is 283 g/mol. The first-order chi connectivity index (χ1) is 9.71. The summed E-state index contributed by atoms with van der Waals surface area (Å²) >= 11 is 0. The monoisotopic (exact) mass is 283 g/mol. The van der Waals surface area contributed by atoms with Crippen LogP contribution in [-0.2, 0) is 9.47 Å². The van der Waals surface area contributed by atoms with Gasteiger partial charge in [-0.15, -0.1) is 0 Å². The zero-order valence-electron chi connectivity index (χ0n) is 13.2. The van der Waals surface area contributed by atoms with Crippen LogP contribution >= 0.6 is 0 Å². The van der Waals surface area contributed by atoms with E-state index in [1.54, 1.807) is 0 Å². The van der Waals surface area contributed by atoms with Crippen LogP contribution in [-0.4, -0.2) is 63.0 Å². The maximum absolute atomic E-state index is 9.36. The van der Waals surface area contributed by atoms with Gasteiger partial charge in [0.15, 0.2) is 0 Å². The molecule has 116 valence electrons. The van der Waals surface area contributed by atoms with Gasteiger partial charge < -0.3 is 14.8 Å². The third kappa shape index (κ3) is 5.02. The molecule has 1 aliphatic rings. The summed E-state index contributed by atoms with van der Waals surface area (Å²) in [6.07, 6.45) is 2.87. The first-order valence-corrected chi connectivity index (χ1v) is 7.71. The van der Waals surface area contributed by atoms with Crippen LogP contribution < -0.4 is 5.32 Å². The van der Waals surface area contributed by atoms with Gasteiger partial charge in [0, 0.05) is 32.3 Å². The maximum atomic E-state index is 9.36. The summed E-state index contributed by atoms with van der Waals surface area (Å²) in [6.45, 7) is 8.86. The van der Waals surface area contributed by atoms with Gasteiger partial charge in [-0.1, -0.05) is 0 Å². The van der Waals surface area contributed by atoms with E-state index < -0.39 is 0 Å². The highest BCUT2D eigenvalue weighted by Crippen LogP contribution is 2.32. The molecular formula is C15H29N3O2. The predicted molar refractivity (Wildman–Crippen MR) is 79.6 cm³/mol. The van der Waals surface area contributed by atoms with Crippen molar-refractivity contribution in [3.8, 4) is 6.07 Å². The van der Waals surface area contributed by atoms with E-state index in [0.29, 0.717) is 6.04 Å². The largest absolute Gasteiger partial charge is 0.380 e. The molecule has 1 fully saturated rings. The minimum absolute atomic E-state index is 0.347. The molecule has 1 saturated carbocycles. The fraction of sp³-hybridized carbons (Fsp3) is 0.933. The van der Waals surface area contributed by atoms with Crippen molar-refractivity contribution in [3.05, 3.63) is 0 Å². The summed E-state index contributed by atoms with van der Waals surface area (Å²) < 4.78 is 10.9. The molecule has 0 amide bonds. The third-order valence-corrected chi connectivity index (χ3v) is 4.15. The fourth-order valence-corrected chi connectivity index (χ4v) is 2.84. The lowest BCUT2D eigenvalue weighted by atomic mass is 10.00. The molecule has 0 aromatic rings. The van der Waals surface area contributed by atoms with Crippen molar-refractivity contribution in [1.29, 1.82) is 5.26 Å². The summed E-state index contributed by atoms with van der Waals surface area (Å²) in [4.78, 5) is 2.42. The van der Waals surface area contributed by atoms with Gasteiger partial charge in [-0.2, -0.15) is 5.26 Å². The molecule has 0 bridgehead atoms. The lowest BCUT2D eigenvalue weighted by Crippen LogP contribution is -2.43. The Hall–Kier alpha value is -0.670. The summed E-state index contributed by atoms with van der Waals surface area (Å²) in [6, 6.07) is 2.89. The Morgan fingerprint density at radius 1 is 1.25 bits per heavy atom. The third-order valence-electron chi connectivity index (χ3n) is 4.15. The SMILES string of the molecule is CCOCCN(CCOCC)C1CCC(C#N)(NC)C1. The minimum atomic E-state index is -0.347. The Morgan fingerprint density at radius 2 is 1.85 bits per heavy atom. The van der Waals surface area contributed by atoms with E-state index in [2.05, 4.69) is 16.3 Å². The zero-order valence-corrected chi connectivity index (χ0v) is 13.2. The van der Waals surface area contributed by atoms with Gasteiger partial charge in [0.25, 0.3) is 0 Å². The Labute approximate surface area is 123 Å². The Kier molecular flexibility index (Phi) is 8.08. The highest BCUT2D eigenvalue weighted by Gasteiger charge is 2.40. The molecule has 0 aliphatic heterocycles. The van der Waals surface area contributed by atoms with Crippen LogP contribution in [0.4, 0.5) is 0 Å². The number of hydrogen-bond donors (Lipinski definition) is 1. The number of hydrogen-bond acceptors (Lipinski definition) is 5. The topological polar surface area (TPSA) is 57.5 Å². The van der Waals surface area contributed by atoms with Crippen LogP contribution in [0.25, 0.3) is 0 Å². The first kappa shape index (κ1) is 17.4. The van der Waals surface area contributed by atoms with E-state index >= 15 is 0 Å². The van der Waals surface area contributed by atoms with E-state index in [9.17, 15) is 5.26 Å². The smallest absolute Gasteiger partial charge is 0.108 e. The van der Waals surface area contributed by atoms with Crippen LogP contribution in [0.2, 0.25) is 0 Å². The number of nitrogens with one attached hydrogen (secondary N) is 1. The summed E-state index contributed by atoms with van der Waals surface area (Å²) in [5.74, 6) is 0. The molecule has 1 N–H and O–H groups in total. The second kappa shape index (κ2) is 9.30. The minimum Gasteiger partial charge on any atom is -0.380 e. The van der Waals surface area contributed by atoms with Crippen LogP contribution in [0.15, 0.2) is 0 Å². The molecule has 5 heteroatoms. The highest BCUT2D eigenvalue weighted by atomic mass is 16.5. The van der Waals surface area contributed by atoms with Gasteiger partial charge in [-0.25, -0.2) is 0 Å². The zero-order chi connectivity index (χ0) is 14.8. The molecule has 0 aromatic carbocycles. The van der Waals surface area contributed by atoms with E-state index in [1.165, 1.54) is 0 Å². The maximum Gasteiger partial charge on any atom is 0.108 e. The Bertz CT molecular complexity index is 296. The van der Waals surface area contributed by atoms with Gasteiger partial charge in [-0.05, 0) is 40.2 Å². The van der Waals surface area contributed by atoms with Crippen molar-refractivity contribution in [1.82, 2.24) is 10.2 Å². The number of nitriles is 1. The molecule has 0 aromatic heterocycles. The lowest BCUT2D eigenvalue weighted by Gasteiger charge is -2.29. The quantitative estimate of drug-likeness (QED) is 0.614. The van der Waals surface area contributed by atoms with Crippen LogP contribution in [0.5, 0.6) is 0 Å². The van der Waals surface area contributed by atoms with Crippen LogP contribution in [0.1, 0.15) is 33.1 Å². The Balaban J connectivity index is 2.52. The first-order valence-electron chi connectivity index (χ1n) is 7.71.